The summed E-state index contributed by atoms with van der Waals surface area (Å²) in [5, 5.41) is 8.13. The van der Waals surface area contributed by atoms with Crippen LogP contribution in [0.25, 0.3) is 0 Å². The van der Waals surface area contributed by atoms with Crippen LogP contribution in [0.3, 0.4) is 0 Å². The molecule has 0 aliphatic heterocycles. The van der Waals surface area contributed by atoms with Crippen molar-refractivity contribution in [3.63, 3.8) is 0 Å². The molecule has 3 rings (SSSR count). The second-order valence-corrected chi connectivity index (χ2v) is 6.92. The molecule has 2 aromatic rings. The maximum absolute atomic E-state index is 12.8. The van der Waals surface area contributed by atoms with Crippen LogP contribution in [0.5, 0.6) is 0 Å². The van der Waals surface area contributed by atoms with Gasteiger partial charge in [-0.3, -0.25) is 0 Å². The van der Waals surface area contributed by atoms with E-state index in [-0.39, 0.29) is 11.7 Å². The fraction of sp³-hybridized carbons (Fsp3) is 0.333. The quantitative estimate of drug-likeness (QED) is 0.496. The maximum atomic E-state index is 12.8. The van der Waals surface area contributed by atoms with Crippen molar-refractivity contribution < 1.29 is 19.1 Å². The summed E-state index contributed by atoms with van der Waals surface area (Å²) >= 11 is 1.96. The Morgan fingerprint density at radius 1 is 1.19 bits per heavy atom. The molecule has 1 aromatic carbocycles. The van der Waals surface area contributed by atoms with Gasteiger partial charge in [-0.1, -0.05) is 35.5 Å². The minimum absolute atomic E-state index is 0.188. The summed E-state index contributed by atoms with van der Waals surface area (Å²) in [4.78, 5) is 24.6. The molecule has 1 aliphatic rings. The third-order valence-corrected chi connectivity index (χ3v) is 5.04. The van der Waals surface area contributed by atoms with Crippen LogP contribution in [0, 0.1) is 3.70 Å². The number of carbonyl (C=O) groups excluding carboxylic acids is 2. The summed E-state index contributed by atoms with van der Waals surface area (Å²) in [7, 11) is 1.32. The van der Waals surface area contributed by atoms with Gasteiger partial charge in [0, 0.05) is 6.42 Å². The Morgan fingerprint density at radius 3 is 2.62 bits per heavy atom. The predicted octanol–water partition coefficient (Wildman–Crippen LogP) is 3.26. The Balaban J connectivity index is 1.89. The Hall–Kier alpha value is -2.23. The van der Waals surface area contributed by atoms with Crippen LogP contribution >= 0.6 is 22.6 Å². The van der Waals surface area contributed by atoms with Gasteiger partial charge in [-0.15, -0.1) is 5.10 Å². The average Bonchev–Trinajstić information content (AvgIpc) is 3.27. The van der Waals surface area contributed by atoms with Crippen molar-refractivity contribution in [3.05, 3.63) is 56.6 Å². The van der Waals surface area contributed by atoms with E-state index in [2.05, 4.69) is 10.3 Å². The largest absolute Gasteiger partial charge is 0.466 e. The molecule has 1 heterocycles. The highest BCUT2D eigenvalue weighted by Crippen LogP contribution is 2.29. The van der Waals surface area contributed by atoms with Crippen LogP contribution in [-0.2, 0) is 14.3 Å². The molecule has 7 nitrogen and oxygen atoms in total. The van der Waals surface area contributed by atoms with Gasteiger partial charge in [-0.05, 0) is 47.9 Å². The number of ether oxygens (including phenoxy) is 2. The van der Waals surface area contributed by atoms with E-state index in [9.17, 15) is 9.59 Å². The molecule has 0 saturated carbocycles. The van der Waals surface area contributed by atoms with Crippen molar-refractivity contribution in [2.45, 2.75) is 32.2 Å². The van der Waals surface area contributed by atoms with Gasteiger partial charge in [0.05, 0.1) is 18.7 Å². The van der Waals surface area contributed by atoms with Gasteiger partial charge in [-0.2, -0.15) is 0 Å². The van der Waals surface area contributed by atoms with Gasteiger partial charge in [0.15, 0.2) is 9.39 Å². The summed E-state index contributed by atoms with van der Waals surface area (Å²) in [6.45, 7) is 1.94. The molecule has 0 radical (unpaired) electrons. The summed E-state index contributed by atoms with van der Waals surface area (Å²) in [5.74, 6) is -0.650. The van der Waals surface area contributed by atoms with Crippen molar-refractivity contribution in [1.82, 2.24) is 15.0 Å². The van der Waals surface area contributed by atoms with E-state index in [1.165, 1.54) is 7.11 Å². The lowest BCUT2D eigenvalue weighted by atomic mass is 10.1. The maximum Gasteiger partial charge on any atom is 0.364 e. The average molecular weight is 467 g/mol. The minimum atomic E-state index is -0.569. The number of hydrogen-bond acceptors (Lipinski definition) is 6. The van der Waals surface area contributed by atoms with Crippen molar-refractivity contribution in [2.24, 2.45) is 0 Å². The molecular formula is C18H18IN3O4. The third-order valence-electron chi connectivity index (χ3n) is 4.31. The van der Waals surface area contributed by atoms with E-state index in [1.54, 1.807) is 4.68 Å². The van der Waals surface area contributed by atoms with Gasteiger partial charge >= 0.3 is 11.9 Å². The van der Waals surface area contributed by atoms with E-state index in [0.29, 0.717) is 27.9 Å². The van der Waals surface area contributed by atoms with Crippen LogP contribution in [0.15, 0.2) is 41.7 Å². The predicted molar refractivity (Wildman–Crippen MR) is 101 cm³/mol. The van der Waals surface area contributed by atoms with Crippen molar-refractivity contribution in [2.75, 3.05) is 7.11 Å². The van der Waals surface area contributed by atoms with Crippen LogP contribution in [0.4, 0.5) is 0 Å². The standard InChI is InChI=1S/C18H18IN3O4/c1-11(12-7-4-3-5-8-12)22-15(16(19)20-21-22)18(24)26-14-10-6-9-13(14)17(23)25-2/h3-5,7-8,11H,6,9-10H2,1-2H3/t11-/m1/s1. The second-order valence-electron chi connectivity index (χ2n) is 5.90. The van der Waals surface area contributed by atoms with E-state index in [1.807, 2.05) is 59.8 Å². The van der Waals surface area contributed by atoms with Crippen LogP contribution in [0.2, 0.25) is 0 Å². The molecule has 1 aliphatic carbocycles. The third kappa shape index (κ3) is 3.64. The zero-order chi connectivity index (χ0) is 18.7. The van der Waals surface area contributed by atoms with Gasteiger partial charge in [0.2, 0.25) is 0 Å². The van der Waals surface area contributed by atoms with Gasteiger partial charge in [-0.25, -0.2) is 14.3 Å². The smallest absolute Gasteiger partial charge is 0.364 e. The number of hydrogen-bond donors (Lipinski definition) is 0. The monoisotopic (exact) mass is 467 g/mol. The zero-order valence-corrected chi connectivity index (χ0v) is 16.6. The molecule has 1 aromatic heterocycles. The highest BCUT2D eigenvalue weighted by molar-refractivity contribution is 14.1. The number of carbonyl (C=O) groups is 2. The lowest BCUT2D eigenvalue weighted by molar-refractivity contribution is -0.136. The van der Waals surface area contributed by atoms with Crippen molar-refractivity contribution >= 4 is 34.5 Å². The van der Waals surface area contributed by atoms with Gasteiger partial charge < -0.3 is 9.47 Å². The van der Waals surface area contributed by atoms with Crippen LogP contribution in [0.1, 0.15) is 48.3 Å². The number of nitrogens with zero attached hydrogens (tertiary/aromatic N) is 3. The molecule has 0 N–H and O–H groups in total. The van der Waals surface area contributed by atoms with E-state index in [0.717, 1.165) is 12.0 Å². The molecule has 0 bridgehead atoms. The lowest BCUT2D eigenvalue weighted by Gasteiger charge is -2.15. The fourth-order valence-corrected chi connectivity index (χ4v) is 3.49. The first-order valence-electron chi connectivity index (χ1n) is 8.21. The molecule has 8 heteroatoms. The molecule has 0 fully saturated rings. The van der Waals surface area contributed by atoms with Gasteiger partial charge in [0.1, 0.15) is 5.76 Å². The first-order chi connectivity index (χ1) is 12.5. The topological polar surface area (TPSA) is 83.3 Å². The van der Waals surface area contributed by atoms with Crippen LogP contribution in [-0.4, -0.2) is 34.0 Å². The van der Waals surface area contributed by atoms with E-state index >= 15 is 0 Å². The van der Waals surface area contributed by atoms with Crippen LogP contribution < -0.4 is 0 Å². The highest BCUT2D eigenvalue weighted by Gasteiger charge is 2.29. The molecular weight excluding hydrogens is 449 g/mol. The molecule has 0 saturated heterocycles. The summed E-state index contributed by atoms with van der Waals surface area (Å²) in [6.07, 6.45) is 1.83. The number of halogens is 1. The Labute approximate surface area is 164 Å². The highest BCUT2D eigenvalue weighted by atomic mass is 127. The fourth-order valence-electron chi connectivity index (χ4n) is 2.92. The van der Waals surface area contributed by atoms with E-state index < -0.39 is 11.9 Å². The number of aromatic nitrogens is 3. The molecule has 136 valence electrons. The first kappa shape index (κ1) is 18.6. The summed E-state index contributed by atoms with van der Waals surface area (Å²) in [5.41, 5.74) is 1.69. The molecule has 0 amide bonds. The minimum Gasteiger partial charge on any atom is -0.466 e. The Morgan fingerprint density at radius 2 is 1.92 bits per heavy atom. The number of methoxy groups -OCH3 is 1. The number of benzene rings is 1. The normalized spacial score (nSPS) is 15.0. The Bertz CT molecular complexity index is 861. The second kappa shape index (κ2) is 7.98. The van der Waals surface area contributed by atoms with Crippen molar-refractivity contribution in [1.29, 1.82) is 0 Å². The van der Waals surface area contributed by atoms with Gasteiger partial charge in [0.25, 0.3) is 0 Å². The number of allylic oxidation sites excluding steroid dienone is 1. The lowest BCUT2D eigenvalue weighted by Crippen LogP contribution is -2.18. The molecule has 1 atom stereocenters. The first-order valence-corrected chi connectivity index (χ1v) is 9.29. The van der Waals surface area contributed by atoms with E-state index in [4.69, 9.17) is 9.47 Å². The summed E-state index contributed by atoms with van der Waals surface area (Å²) in [6, 6.07) is 9.52. The molecule has 26 heavy (non-hydrogen) atoms. The zero-order valence-electron chi connectivity index (χ0n) is 14.4. The van der Waals surface area contributed by atoms with Crippen molar-refractivity contribution in [3.8, 4) is 0 Å². The number of rotatable bonds is 5. The summed E-state index contributed by atoms with van der Waals surface area (Å²) < 4.78 is 12.3. The SMILES string of the molecule is COC(=O)C1=C(OC(=O)c2c(I)nnn2[C@H](C)c2ccccc2)CCC1. The Kier molecular flexibility index (Phi) is 5.70. The molecule has 0 spiro atoms. The molecule has 0 unspecified atom stereocenters. The number of esters is 2.